The molecule has 7 nitrogen and oxygen atoms in total. The number of imidazole rings is 1. The molecule has 3 N–H and O–H groups in total. The molecule has 6 rings (SSSR count). The Bertz CT molecular complexity index is 1340. The SMILES string of the molecule is c1ccc2[nH]c(-c3[nH]nc4ncc(-c5cncc(CNCC6CCCC6)c5)cc34)nc2c1. The topological polar surface area (TPSA) is 95.2 Å². The number of para-hydroxylation sites is 2. The van der Waals surface area contributed by atoms with Crippen LogP contribution in [-0.4, -0.2) is 36.7 Å². The fourth-order valence-corrected chi connectivity index (χ4v) is 4.69. The Hall–Kier alpha value is -3.58. The number of H-pyrrole nitrogens is 2. The summed E-state index contributed by atoms with van der Waals surface area (Å²) >= 11 is 0. The second kappa shape index (κ2) is 8.16. The van der Waals surface area contributed by atoms with Gasteiger partial charge >= 0.3 is 0 Å². The average Bonchev–Trinajstić information content (AvgIpc) is 3.58. The van der Waals surface area contributed by atoms with Gasteiger partial charge in [-0.3, -0.25) is 10.1 Å². The molecule has 4 aromatic heterocycles. The van der Waals surface area contributed by atoms with Crippen molar-refractivity contribution in [2.75, 3.05) is 6.54 Å². The largest absolute Gasteiger partial charge is 0.337 e. The molecule has 0 aliphatic heterocycles. The fraction of sp³-hybridized carbons (Fsp3) is 0.280. The highest BCUT2D eigenvalue weighted by atomic mass is 15.2. The predicted molar refractivity (Wildman–Crippen MR) is 126 cm³/mol. The molecule has 0 amide bonds. The van der Waals surface area contributed by atoms with E-state index in [9.17, 15) is 0 Å². The monoisotopic (exact) mass is 423 g/mol. The summed E-state index contributed by atoms with van der Waals surface area (Å²) in [5.41, 5.74) is 6.69. The van der Waals surface area contributed by atoms with E-state index in [0.29, 0.717) is 5.65 Å². The van der Waals surface area contributed by atoms with Gasteiger partial charge < -0.3 is 10.3 Å². The number of nitrogens with one attached hydrogen (secondary N) is 3. The first-order chi connectivity index (χ1) is 15.8. The molecule has 0 unspecified atom stereocenters. The summed E-state index contributed by atoms with van der Waals surface area (Å²) in [4.78, 5) is 17.1. The molecular weight excluding hydrogens is 398 g/mol. The van der Waals surface area contributed by atoms with Gasteiger partial charge in [0.25, 0.3) is 0 Å². The summed E-state index contributed by atoms with van der Waals surface area (Å²) in [5, 5.41) is 12.0. The maximum absolute atomic E-state index is 4.71. The molecule has 32 heavy (non-hydrogen) atoms. The molecule has 1 saturated carbocycles. The third kappa shape index (κ3) is 3.65. The van der Waals surface area contributed by atoms with Crippen LogP contribution < -0.4 is 5.32 Å². The van der Waals surface area contributed by atoms with Crippen LogP contribution in [0.4, 0.5) is 0 Å². The van der Waals surface area contributed by atoms with Gasteiger partial charge in [0.05, 0.1) is 16.4 Å². The highest BCUT2D eigenvalue weighted by molar-refractivity contribution is 5.93. The van der Waals surface area contributed by atoms with Crippen molar-refractivity contribution < 1.29 is 0 Å². The maximum atomic E-state index is 4.71. The number of aromatic amines is 2. The molecule has 160 valence electrons. The summed E-state index contributed by atoms with van der Waals surface area (Å²) in [5.74, 6) is 1.59. The number of hydrogen-bond donors (Lipinski definition) is 3. The molecule has 0 spiro atoms. The summed E-state index contributed by atoms with van der Waals surface area (Å²) in [6.45, 7) is 1.93. The van der Waals surface area contributed by atoms with Crippen LogP contribution in [0.1, 0.15) is 31.2 Å². The van der Waals surface area contributed by atoms with Crippen LogP contribution in [0.25, 0.3) is 44.7 Å². The minimum Gasteiger partial charge on any atom is -0.337 e. The lowest BCUT2D eigenvalue weighted by atomic mass is 10.1. The van der Waals surface area contributed by atoms with E-state index in [4.69, 9.17) is 4.98 Å². The van der Waals surface area contributed by atoms with Crippen molar-refractivity contribution in [2.45, 2.75) is 32.2 Å². The Morgan fingerprint density at radius 3 is 2.78 bits per heavy atom. The first kappa shape index (κ1) is 19.1. The lowest BCUT2D eigenvalue weighted by Gasteiger charge is -2.11. The highest BCUT2D eigenvalue weighted by Gasteiger charge is 2.15. The molecular formula is C25H25N7. The number of benzene rings is 1. The van der Waals surface area contributed by atoms with Crippen LogP contribution in [0.15, 0.2) is 55.0 Å². The minimum atomic E-state index is 0.673. The second-order valence-corrected chi connectivity index (χ2v) is 8.66. The number of hydrogen-bond acceptors (Lipinski definition) is 5. The van der Waals surface area contributed by atoms with Crippen molar-refractivity contribution in [2.24, 2.45) is 5.92 Å². The van der Waals surface area contributed by atoms with Crippen LogP contribution in [0.2, 0.25) is 0 Å². The summed E-state index contributed by atoms with van der Waals surface area (Å²) in [6, 6.07) is 12.3. The van der Waals surface area contributed by atoms with Crippen molar-refractivity contribution in [3.63, 3.8) is 0 Å². The molecule has 1 aliphatic rings. The van der Waals surface area contributed by atoms with E-state index >= 15 is 0 Å². The van der Waals surface area contributed by atoms with Crippen LogP contribution in [0.5, 0.6) is 0 Å². The second-order valence-electron chi connectivity index (χ2n) is 8.66. The lowest BCUT2D eigenvalue weighted by Crippen LogP contribution is -2.20. The van der Waals surface area contributed by atoms with Crippen LogP contribution >= 0.6 is 0 Å². The lowest BCUT2D eigenvalue weighted by molar-refractivity contribution is 0.489. The molecule has 0 bridgehead atoms. The molecule has 0 saturated heterocycles. The fourth-order valence-electron chi connectivity index (χ4n) is 4.69. The van der Waals surface area contributed by atoms with Gasteiger partial charge in [-0.25, -0.2) is 9.97 Å². The summed E-state index contributed by atoms with van der Waals surface area (Å²) in [7, 11) is 0. The summed E-state index contributed by atoms with van der Waals surface area (Å²) < 4.78 is 0. The van der Waals surface area contributed by atoms with Gasteiger partial charge in [-0.05, 0) is 55.1 Å². The van der Waals surface area contributed by atoms with E-state index in [1.165, 1.54) is 31.2 Å². The van der Waals surface area contributed by atoms with E-state index in [1.54, 1.807) is 0 Å². The third-order valence-corrected chi connectivity index (χ3v) is 6.40. The van der Waals surface area contributed by atoms with Crippen molar-refractivity contribution in [3.8, 4) is 22.6 Å². The van der Waals surface area contributed by atoms with Gasteiger partial charge in [0.2, 0.25) is 0 Å². The van der Waals surface area contributed by atoms with Crippen molar-refractivity contribution in [3.05, 3.63) is 60.6 Å². The molecule has 4 heterocycles. The zero-order valence-corrected chi connectivity index (χ0v) is 17.8. The molecule has 1 fully saturated rings. The number of fused-ring (bicyclic) bond motifs is 2. The van der Waals surface area contributed by atoms with Gasteiger partial charge in [0.1, 0.15) is 5.69 Å². The molecule has 7 heteroatoms. The van der Waals surface area contributed by atoms with Crippen LogP contribution in [0, 0.1) is 5.92 Å². The van der Waals surface area contributed by atoms with Gasteiger partial charge in [0, 0.05) is 36.3 Å². The third-order valence-electron chi connectivity index (χ3n) is 6.40. The first-order valence-electron chi connectivity index (χ1n) is 11.3. The Kier molecular flexibility index (Phi) is 4.88. The predicted octanol–water partition coefficient (Wildman–Crippen LogP) is 4.84. The quantitative estimate of drug-likeness (QED) is 0.363. The van der Waals surface area contributed by atoms with E-state index in [2.05, 4.69) is 42.6 Å². The molecule has 1 aliphatic carbocycles. The molecule has 0 radical (unpaired) electrons. The minimum absolute atomic E-state index is 0.673. The standard InChI is InChI=1S/C25H25N7/c1-2-6-16(5-1)11-26-12-17-9-18(14-27-13-17)19-10-20-23(31-32-24(20)28-15-19)25-29-21-7-3-4-8-22(21)30-25/h3-4,7-10,13-16,26H,1-2,5-6,11-12H2,(H,29,30)(H,28,31,32). The number of pyridine rings is 2. The average molecular weight is 424 g/mol. The molecule has 5 aromatic rings. The number of aromatic nitrogens is 6. The number of nitrogens with zero attached hydrogens (tertiary/aromatic N) is 4. The van der Waals surface area contributed by atoms with Crippen molar-refractivity contribution in [1.82, 2.24) is 35.5 Å². The van der Waals surface area contributed by atoms with Gasteiger partial charge in [-0.1, -0.05) is 25.0 Å². The highest BCUT2D eigenvalue weighted by Crippen LogP contribution is 2.29. The maximum Gasteiger partial charge on any atom is 0.181 e. The Morgan fingerprint density at radius 2 is 1.88 bits per heavy atom. The first-order valence-corrected chi connectivity index (χ1v) is 11.3. The number of rotatable bonds is 6. The Balaban J connectivity index is 1.28. The van der Waals surface area contributed by atoms with Crippen LogP contribution in [0.3, 0.4) is 0 Å². The van der Waals surface area contributed by atoms with E-state index in [0.717, 1.165) is 58.1 Å². The normalized spacial score (nSPS) is 14.6. The van der Waals surface area contributed by atoms with Crippen molar-refractivity contribution in [1.29, 1.82) is 0 Å². The molecule has 1 aromatic carbocycles. The van der Waals surface area contributed by atoms with E-state index in [-0.39, 0.29) is 0 Å². The molecule has 0 atom stereocenters. The zero-order valence-electron chi connectivity index (χ0n) is 17.8. The van der Waals surface area contributed by atoms with Gasteiger partial charge in [0.15, 0.2) is 11.5 Å². The van der Waals surface area contributed by atoms with Gasteiger partial charge in [-0.15, -0.1) is 0 Å². The van der Waals surface area contributed by atoms with E-state index < -0.39 is 0 Å². The van der Waals surface area contributed by atoms with E-state index in [1.807, 2.05) is 42.9 Å². The van der Waals surface area contributed by atoms with Crippen molar-refractivity contribution >= 4 is 22.1 Å². The smallest absolute Gasteiger partial charge is 0.181 e. The Labute approximate surface area is 185 Å². The zero-order chi connectivity index (χ0) is 21.3. The van der Waals surface area contributed by atoms with Gasteiger partial charge in [-0.2, -0.15) is 5.10 Å². The summed E-state index contributed by atoms with van der Waals surface area (Å²) in [6.07, 6.45) is 11.2. The van der Waals surface area contributed by atoms with Crippen LogP contribution in [-0.2, 0) is 6.54 Å². The Morgan fingerprint density at radius 1 is 1.00 bits per heavy atom.